The van der Waals surface area contributed by atoms with E-state index in [0.717, 1.165) is 25.9 Å². The molecule has 1 saturated heterocycles. The molecule has 0 atom stereocenters. The number of nitrogens with zero attached hydrogens (tertiary/aromatic N) is 4. The number of piperazine rings is 1. The van der Waals surface area contributed by atoms with Gasteiger partial charge in [-0.15, -0.1) is 0 Å². The Morgan fingerprint density at radius 1 is 0.909 bits per heavy atom. The van der Waals surface area contributed by atoms with E-state index in [0.29, 0.717) is 24.1 Å². The van der Waals surface area contributed by atoms with Gasteiger partial charge in [-0.25, -0.2) is 13.4 Å². The van der Waals surface area contributed by atoms with Gasteiger partial charge in [0.1, 0.15) is 6.54 Å². The summed E-state index contributed by atoms with van der Waals surface area (Å²) in [6, 6.07) is 22.0. The first-order valence-electron chi connectivity index (χ1n) is 11.0. The summed E-state index contributed by atoms with van der Waals surface area (Å²) in [6.07, 6.45) is 1.13. The standard InChI is InChI=1S/C25H26N4O3S/c1-33(31,32)25-26-22-11-4-5-12-23(22)29(25)18-24(30)28-15-13-27(14-16-28)17-20-9-6-8-19-7-2-3-10-21(19)20/h2-12H,13-18H2,1H3. The van der Waals surface area contributed by atoms with E-state index in [-0.39, 0.29) is 17.6 Å². The molecule has 8 heteroatoms. The largest absolute Gasteiger partial charge is 0.339 e. The monoisotopic (exact) mass is 462 g/mol. The number of sulfone groups is 1. The first kappa shape index (κ1) is 21.6. The summed E-state index contributed by atoms with van der Waals surface area (Å²) >= 11 is 0. The Morgan fingerprint density at radius 2 is 1.61 bits per heavy atom. The SMILES string of the molecule is CS(=O)(=O)c1nc2ccccc2n1CC(=O)N1CCN(Cc2cccc3ccccc23)CC1. The number of carbonyl (C=O) groups is 1. The number of para-hydroxylation sites is 2. The third-order valence-electron chi connectivity index (χ3n) is 6.24. The molecule has 0 radical (unpaired) electrons. The van der Waals surface area contributed by atoms with E-state index in [1.807, 2.05) is 17.0 Å². The van der Waals surface area contributed by atoms with Crippen molar-refractivity contribution in [1.82, 2.24) is 19.4 Å². The van der Waals surface area contributed by atoms with Crippen LogP contribution in [0.1, 0.15) is 5.56 Å². The Balaban J connectivity index is 1.28. The van der Waals surface area contributed by atoms with Crippen molar-refractivity contribution < 1.29 is 13.2 Å². The average Bonchev–Trinajstić information content (AvgIpc) is 3.19. The van der Waals surface area contributed by atoms with Crippen molar-refractivity contribution in [2.45, 2.75) is 18.2 Å². The summed E-state index contributed by atoms with van der Waals surface area (Å²) in [4.78, 5) is 21.5. The number of rotatable bonds is 5. The van der Waals surface area contributed by atoms with Crippen LogP contribution in [0.15, 0.2) is 71.9 Å². The minimum Gasteiger partial charge on any atom is -0.339 e. The van der Waals surface area contributed by atoms with Crippen molar-refractivity contribution >= 4 is 37.6 Å². The van der Waals surface area contributed by atoms with Crippen molar-refractivity contribution in [3.63, 3.8) is 0 Å². The van der Waals surface area contributed by atoms with Gasteiger partial charge in [0.05, 0.1) is 11.0 Å². The molecular weight excluding hydrogens is 436 g/mol. The molecule has 0 unspecified atom stereocenters. The summed E-state index contributed by atoms with van der Waals surface area (Å²) in [7, 11) is -3.56. The minimum absolute atomic E-state index is 0.0355. The minimum atomic E-state index is -3.56. The molecule has 1 aliphatic heterocycles. The molecule has 3 aromatic carbocycles. The third-order valence-corrected chi connectivity index (χ3v) is 7.22. The van der Waals surface area contributed by atoms with Crippen LogP contribution in [0.4, 0.5) is 0 Å². The van der Waals surface area contributed by atoms with Gasteiger partial charge in [-0.3, -0.25) is 9.69 Å². The second kappa shape index (κ2) is 8.61. The van der Waals surface area contributed by atoms with Gasteiger partial charge in [-0.05, 0) is 28.5 Å². The summed E-state index contributed by atoms with van der Waals surface area (Å²) in [5, 5.41) is 2.43. The molecule has 170 valence electrons. The lowest BCUT2D eigenvalue weighted by Gasteiger charge is -2.35. The predicted molar refractivity (Wildman–Crippen MR) is 129 cm³/mol. The van der Waals surface area contributed by atoms with E-state index < -0.39 is 9.84 Å². The number of hydrogen-bond donors (Lipinski definition) is 0. The van der Waals surface area contributed by atoms with E-state index in [1.165, 1.54) is 20.9 Å². The van der Waals surface area contributed by atoms with Crippen molar-refractivity contribution in [2.24, 2.45) is 0 Å². The summed E-state index contributed by atoms with van der Waals surface area (Å²) in [6.45, 7) is 3.59. The van der Waals surface area contributed by atoms with Crippen molar-refractivity contribution in [3.05, 3.63) is 72.3 Å². The van der Waals surface area contributed by atoms with Gasteiger partial charge < -0.3 is 9.47 Å². The van der Waals surface area contributed by atoms with Gasteiger partial charge >= 0.3 is 0 Å². The van der Waals surface area contributed by atoms with Crippen LogP contribution in [0.2, 0.25) is 0 Å². The normalized spacial score (nSPS) is 15.4. The number of imidazole rings is 1. The number of amides is 1. The third kappa shape index (κ3) is 4.36. The van der Waals surface area contributed by atoms with Gasteiger partial charge in [0.15, 0.2) is 0 Å². The zero-order valence-corrected chi connectivity index (χ0v) is 19.3. The fraction of sp³-hybridized carbons (Fsp3) is 0.280. The van der Waals surface area contributed by atoms with E-state index in [9.17, 15) is 13.2 Å². The molecule has 0 N–H and O–H groups in total. The molecule has 0 bridgehead atoms. The highest BCUT2D eigenvalue weighted by molar-refractivity contribution is 7.90. The molecule has 1 amide bonds. The van der Waals surface area contributed by atoms with Gasteiger partial charge in [0.25, 0.3) is 0 Å². The molecule has 0 saturated carbocycles. The smallest absolute Gasteiger partial charge is 0.242 e. The number of aromatic nitrogens is 2. The molecule has 0 aliphatic carbocycles. The van der Waals surface area contributed by atoms with Crippen LogP contribution in [0.5, 0.6) is 0 Å². The maximum Gasteiger partial charge on any atom is 0.242 e. The van der Waals surface area contributed by atoms with E-state index in [1.54, 1.807) is 12.1 Å². The molecule has 1 aromatic heterocycles. The lowest BCUT2D eigenvalue weighted by molar-refractivity contribution is -0.133. The summed E-state index contributed by atoms with van der Waals surface area (Å²) in [5.41, 5.74) is 2.52. The number of fused-ring (bicyclic) bond motifs is 2. The summed E-state index contributed by atoms with van der Waals surface area (Å²) < 4.78 is 26.1. The Morgan fingerprint density at radius 3 is 2.39 bits per heavy atom. The van der Waals surface area contributed by atoms with Crippen LogP contribution in [0.25, 0.3) is 21.8 Å². The van der Waals surface area contributed by atoms with Crippen LogP contribution in [-0.2, 0) is 27.7 Å². The molecule has 0 spiro atoms. The van der Waals surface area contributed by atoms with Gasteiger partial charge in [-0.2, -0.15) is 0 Å². The number of hydrogen-bond acceptors (Lipinski definition) is 5. The highest BCUT2D eigenvalue weighted by Gasteiger charge is 2.25. The molecule has 4 aromatic rings. The van der Waals surface area contributed by atoms with Crippen LogP contribution in [-0.4, -0.2) is 66.1 Å². The Labute approximate surface area is 193 Å². The zero-order valence-electron chi connectivity index (χ0n) is 18.5. The number of carbonyl (C=O) groups excluding carboxylic acids is 1. The van der Waals surface area contributed by atoms with Crippen LogP contribution in [0, 0.1) is 0 Å². The Kier molecular flexibility index (Phi) is 5.64. The topological polar surface area (TPSA) is 75.5 Å². The van der Waals surface area contributed by atoms with Crippen LogP contribution in [0.3, 0.4) is 0 Å². The van der Waals surface area contributed by atoms with Crippen LogP contribution >= 0.6 is 0 Å². The van der Waals surface area contributed by atoms with Gasteiger partial charge in [-0.1, -0.05) is 54.6 Å². The Bertz CT molecular complexity index is 1430. The highest BCUT2D eigenvalue weighted by Crippen LogP contribution is 2.22. The van der Waals surface area contributed by atoms with E-state index >= 15 is 0 Å². The fourth-order valence-corrected chi connectivity index (χ4v) is 5.38. The Hall–Kier alpha value is -3.23. The van der Waals surface area contributed by atoms with E-state index in [2.05, 4.69) is 52.3 Å². The lowest BCUT2D eigenvalue weighted by Crippen LogP contribution is -2.49. The quantitative estimate of drug-likeness (QED) is 0.456. The molecule has 33 heavy (non-hydrogen) atoms. The fourth-order valence-electron chi connectivity index (χ4n) is 4.55. The maximum atomic E-state index is 13.1. The average molecular weight is 463 g/mol. The second-order valence-corrected chi connectivity index (χ2v) is 10.4. The second-order valence-electron chi connectivity index (χ2n) is 8.54. The van der Waals surface area contributed by atoms with E-state index in [4.69, 9.17) is 0 Å². The maximum absolute atomic E-state index is 13.1. The molecular formula is C25H26N4O3S. The first-order valence-corrected chi connectivity index (χ1v) is 12.9. The predicted octanol–water partition coefficient (Wildman–Crippen LogP) is 2.94. The first-order chi connectivity index (χ1) is 15.9. The summed E-state index contributed by atoms with van der Waals surface area (Å²) in [5.74, 6) is -0.0899. The van der Waals surface area contributed by atoms with Gasteiger partial charge in [0, 0.05) is 39.0 Å². The highest BCUT2D eigenvalue weighted by atomic mass is 32.2. The molecule has 7 nitrogen and oxygen atoms in total. The van der Waals surface area contributed by atoms with Crippen molar-refractivity contribution in [2.75, 3.05) is 32.4 Å². The molecule has 1 aliphatic rings. The van der Waals surface area contributed by atoms with Gasteiger partial charge in [0.2, 0.25) is 20.9 Å². The molecule has 2 heterocycles. The zero-order chi connectivity index (χ0) is 23.0. The van der Waals surface area contributed by atoms with Crippen LogP contribution < -0.4 is 0 Å². The van der Waals surface area contributed by atoms with Crippen molar-refractivity contribution in [3.8, 4) is 0 Å². The lowest BCUT2D eigenvalue weighted by atomic mass is 10.0. The molecule has 1 fully saturated rings. The molecule has 5 rings (SSSR count). The van der Waals surface area contributed by atoms with Crippen molar-refractivity contribution in [1.29, 1.82) is 0 Å². The number of benzene rings is 3.